The van der Waals surface area contributed by atoms with Crippen LogP contribution in [0.15, 0.2) is 30.3 Å². The minimum Gasteiger partial charge on any atom is -0.390 e. The van der Waals surface area contributed by atoms with Crippen LogP contribution in [0.3, 0.4) is 0 Å². The summed E-state index contributed by atoms with van der Waals surface area (Å²) in [5.41, 5.74) is 0.458. The van der Waals surface area contributed by atoms with Gasteiger partial charge < -0.3 is 25.0 Å². The number of nitrogens with one attached hydrogen (secondary N) is 1. The van der Waals surface area contributed by atoms with Crippen molar-refractivity contribution in [1.29, 1.82) is 5.41 Å². The summed E-state index contributed by atoms with van der Waals surface area (Å²) in [6.45, 7) is 0. The molecule has 7 heteroatoms. The second-order valence-corrected chi connectivity index (χ2v) is 7.05. The number of benzene rings is 1. The van der Waals surface area contributed by atoms with Crippen LogP contribution in [-0.2, 0) is 11.2 Å². The van der Waals surface area contributed by atoms with E-state index in [2.05, 4.69) is 0 Å². The van der Waals surface area contributed by atoms with E-state index in [1.165, 1.54) is 11.8 Å². The Kier molecular flexibility index (Phi) is 6.43. The maximum Gasteiger partial charge on any atom is 0.158 e. The molecule has 128 valence electrons. The fourth-order valence-electron chi connectivity index (χ4n) is 2.46. The van der Waals surface area contributed by atoms with Gasteiger partial charge in [-0.05, 0) is 5.56 Å². The van der Waals surface area contributed by atoms with Crippen LogP contribution in [0, 0.1) is 5.41 Å². The quantitative estimate of drug-likeness (QED) is 0.475. The lowest BCUT2D eigenvalue weighted by atomic mass is 9.94. The molecule has 2 rings (SSSR count). The molecule has 0 radical (unpaired) electrons. The lowest BCUT2D eigenvalue weighted by Gasteiger charge is -2.39. The predicted octanol–water partition coefficient (Wildman–Crippen LogP) is 0.656. The first-order valence-electron chi connectivity index (χ1n) is 7.54. The zero-order chi connectivity index (χ0) is 17.0. The van der Waals surface area contributed by atoms with Gasteiger partial charge in [-0.15, -0.1) is 0 Å². The van der Waals surface area contributed by atoms with Crippen molar-refractivity contribution in [1.82, 2.24) is 4.90 Å². The number of rotatable bonds is 4. The topological polar surface area (TPSA) is 97.0 Å². The Hall–Kier alpha value is -1.12. The van der Waals surface area contributed by atoms with E-state index in [1.807, 2.05) is 30.3 Å². The fraction of sp³-hybridized carbons (Fsp3) is 0.562. The normalized spacial score (nSPS) is 29.1. The highest BCUT2D eigenvalue weighted by atomic mass is 32.2. The first-order valence-corrected chi connectivity index (χ1v) is 8.42. The van der Waals surface area contributed by atoms with E-state index in [0.29, 0.717) is 11.6 Å². The summed E-state index contributed by atoms with van der Waals surface area (Å²) in [6.07, 6.45) is -3.38. The zero-order valence-corrected chi connectivity index (χ0v) is 14.1. The molecule has 1 aromatic carbocycles. The molecule has 1 heterocycles. The van der Waals surface area contributed by atoms with Gasteiger partial charge in [0.05, 0.1) is 12.2 Å². The molecule has 0 bridgehead atoms. The van der Waals surface area contributed by atoms with Crippen molar-refractivity contribution in [3.63, 3.8) is 0 Å². The Balaban J connectivity index is 2.01. The summed E-state index contributed by atoms with van der Waals surface area (Å²) in [7, 11) is 3.51. The molecule has 5 atom stereocenters. The molecule has 0 amide bonds. The van der Waals surface area contributed by atoms with Gasteiger partial charge in [0.25, 0.3) is 0 Å². The molecule has 1 aromatic rings. The van der Waals surface area contributed by atoms with Crippen molar-refractivity contribution < 1.29 is 20.1 Å². The lowest BCUT2D eigenvalue weighted by Crippen LogP contribution is -2.53. The van der Waals surface area contributed by atoms with Gasteiger partial charge in [-0.25, -0.2) is 0 Å². The van der Waals surface area contributed by atoms with E-state index < -0.39 is 29.9 Å². The number of aliphatic hydroxyl groups excluding tert-OH is 3. The minimum absolute atomic E-state index is 0.219. The number of thioether (sulfide) groups is 1. The first-order chi connectivity index (χ1) is 10.9. The summed E-state index contributed by atoms with van der Waals surface area (Å²) in [5.74, 6) is 0. The fourth-order valence-corrected chi connectivity index (χ4v) is 3.40. The summed E-state index contributed by atoms with van der Waals surface area (Å²) in [5, 5.41) is 38.7. The Morgan fingerprint density at radius 2 is 2.00 bits per heavy atom. The van der Waals surface area contributed by atoms with E-state index in [9.17, 15) is 15.3 Å². The SMILES string of the molecule is CN(C)C(=N)SC1CC(O)C(O)C(C(O)Cc2ccccc2)O1. The largest absolute Gasteiger partial charge is 0.390 e. The van der Waals surface area contributed by atoms with Crippen molar-refractivity contribution in [3.8, 4) is 0 Å². The highest BCUT2D eigenvalue weighted by Crippen LogP contribution is 2.30. The molecule has 4 N–H and O–H groups in total. The molecule has 5 unspecified atom stereocenters. The predicted molar refractivity (Wildman–Crippen MR) is 90.4 cm³/mol. The molecule has 1 aliphatic rings. The second-order valence-electron chi connectivity index (χ2n) is 5.90. The third-order valence-corrected chi connectivity index (χ3v) is 4.94. The molecule has 0 aliphatic carbocycles. The maximum atomic E-state index is 10.4. The molecule has 23 heavy (non-hydrogen) atoms. The van der Waals surface area contributed by atoms with Crippen LogP contribution in [0.5, 0.6) is 0 Å². The zero-order valence-electron chi connectivity index (χ0n) is 13.3. The van der Waals surface area contributed by atoms with Crippen molar-refractivity contribution in [2.45, 2.75) is 42.7 Å². The van der Waals surface area contributed by atoms with E-state index >= 15 is 0 Å². The number of amidine groups is 1. The van der Waals surface area contributed by atoms with Crippen LogP contribution in [0.25, 0.3) is 0 Å². The summed E-state index contributed by atoms with van der Waals surface area (Å²) in [6, 6.07) is 9.44. The van der Waals surface area contributed by atoms with E-state index in [4.69, 9.17) is 10.1 Å². The number of aliphatic hydroxyl groups is 3. The average molecular weight is 340 g/mol. The molecule has 1 aliphatic heterocycles. The molecule has 6 nitrogen and oxygen atoms in total. The van der Waals surface area contributed by atoms with Gasteiger partial charge in [-0.2, -0.15) is 0 Å². The van der Waals surface area contributed by atoms with Gasteiger partial charge in [0, 0.05) is 26.9 Å². The Labute approximate surface area is 140 Å². The van der Waals surface area contributed by atoms with Crippen molar-refractivity contribution >= 4 is 16.9 Å². The third-order valence-electron chi connectivity index (χ3n) is 3.79. The van der Waals surface area contributed by atoms with E-state index in [1.54, 1.807) is 19.0 Å². The van der Waals surface area contributed by atoms with Gasteiger partial charge in [0.2, 0.25) is 0 Å². The Bertz CT molecular complexity index is 514. The average Bonchev–Trinajstić information content (AvgIpc) is 2.51. The summed E-state index contributed by atoms with van der Waals surface area (Å²) < 4.78 is 5.76. The lowest BCUT2D eigenvalue weighted by molar-refractivity contribution is -0.178. The van der Waals surface area contributed by atoms with Crippen LogP contribution in [-0.4, -0.2) is 69.3 Å². The van der Waals surface area contributed by atoms with Crippen molar-refractivity contribution in [3.05, 3.63) is 35.9 Å². The standard InChI is InChI=1S/C16H24N2O4S/c1-18(2)16(17)23-13-9-11(19)14(21)15(22-13)12(20)8-10-6-4-3-5-7-10/h3-7,11-15,17,19-21H,8-9H2,1-2H3. The minimum atomic E-state index is -1.14. The van der Waals surface area contributed by atoms with Crippen molar-refractivity contribution in [2.24, 2.45) is 0 Å². The monoisotopic (exact) mass is 340 g/mol. The van der Waals surface area contributed by atoms with E-state index in [0.717, 1.165) is 5.56 Å². The highest BCUT2D eigenvalue weighted by molar-refractivity contribution is 8.14. The van der Waals surface area contributed by atoms with Crippen LogP contribution < -0.4 is 0 Å². The smallest absolute Gasteiger partial charge is 0.158 e. The number of nitrogens with zero attached hydrogens (tertiary/aromatic N) is 1. The van der Waals surface area contributed by atoms with Crippen LogP contribution >= 0.6 is 11.8 Å². The summed E-state index contributed by atoms with van der Waals surface area (Å²) in [4.78, 5) is 1.64. The third kappa shape index (κ3) is 4.92. The van der Waals surface area contributed by atoms with Gasteiger partial charge in [-0.3, -0.25) is 5.41 Å². The second kappa shape index (κ2) is 8.12. The Morgan fingerprint density at radius 1 is 1.35 bits per heavy atom. The molecule has 1 saturated heterocycles. The van der Waals surface area contributed by atoms with Gasteiger partial charge in [0.1, 0.15) is 17.6 Å². The maximum absolute atomic E-state index is 10.4. The van der Waals surface area contributed by atoms with Crippen molar-refractivity contribution in [2.75, 3.05) is 14.1 Å². The van der Waals surface area contributed by atoms with Crippen LogP contribution in [0.1, 0.15) is 12.0 Å². The van der Waals surface area contributed by atoms with Gasteiger partial charge in [0.15, 0.2) is 5.17 Å². The number of hydrogen-bond acceptors (Lipinski definition) is 6. The molecule has 0 aromatic heterocycles. The van der Waals surface area contributed by atoms with Gasteiger partial charge in [-0.1, -0.05) is 42.1 Å². The van der Waals surface area contributed by atoms with Crippen LogP contribution in [0.2, 0.25) is 0 Å². The highest BCUT2D eigenvalue weighted by Gasteiger charge is 2.41. The molecule has 0 spiro atoms. The van der Waals surface area contributed by atoms with Gasteiger partial charge >= 0.3 is 0 Å². The number of ether oxygens (including phenoxy) is 1. The van der Waals surface area contributed by atoms with Crippen LogP contribution in [0.4, 0.5) is 0 Å². The molecule has 1 fully saturated rings. The number of hydrogen-bond donors (Lipinski definition) is 4. The summed E-state index contributed by atoms with van der Waals surface area (Å²) >= 11 is 1.17. The van der Waals surface area contributed by atoms with E-state index in [-0.39, 0.29) is 6.42 Å². The first kappa shape index (κ1) is 18.2. The molecule has 0 saturated carbocycles. The Morgan fingerprint density at radius 3 is 2.61 bits per heavy atom. The molecular formula is C16H24N2O4S. The molecular weight excluding hydrogens is 316 g/mol.